The molecule has 0 aliphatic carbocycles. The van der Waals surface area contributed by atoms with Crippen LogP contribution in [0.25, 0.3) is 0 Å². The largest absolute Gasteiger partial charge is 0.477 e. The number of rotatable bonds is 7. The number of hydrogen-bond donors (Lipinski definition) is 2. The molecule has 0 fully saturated rings. The summed E-state index contributed by atoms with van der Waals surface area (Å²) in [5, 5.41) is 10.5. The van der Waals surface area contributed by atoms with Gasteiger partial charge in [0.25, 0.3) is 0 Å². The number of aromatic carboxylic acids is 1. The van der Waals surface area contributed by atoms with Crippen LogP contribution in [0.15, 0.2) is 16.3 Å². The van der Waals surface area contributed by atoms with Crippen LogP contribution < -0.4 is 4.72 Å². The van der Waals surface area contributed by atoms with Crippen molar-refractivity contribution < 1.29 is 18.3 Å². The number of carbonyl (C=O) groups is 1. The highest BCUT2D eigenvalue weighted by Gasteiger charge is 2.26. The lowest BCUT2D eigenvalue weighted by molar-refractivity contribution is 0.0698. The second kappa shape index (κ2) is 6.69. The monoisotopic (exact) mass is 319 g/mol. The van der Waals surface area contributed by atoms with Gasteiger partial charge in [0.1, 0.15) is 9.77 Å². The summed E-state index contributed by atoms with van der Waals surface area (Å²) < 4.78 is 26.9. The fourth-order valence-electron chi connectivity index (χ4n) is 2.19. The summed E-state index contributed by atoms with van der Waals surface area (Å²) in [7, 11) is -3.78. The third kappa shape index (κ3) is 4.04. The predicted molar refractivity (Wildman–Crippen MR) is 79.6 cm³/mol. The Morgan fingerprint density at radius 1 is 1.30 bits per heavy atom. The molecule has 0 radical (unpaired) electrons. The molecule has 0 atom stereocenters. The molecule has 0 amide bonds. The fourth-order valence-corrected chi connectivity index (χ4v) is 4.52. The van der Waals surface area contributed by atoms with E-state index in [1.807, 2.05) is 27.7 Å². The lowest BCUT2D eigenvalue weighted by atomic mass is 9.86. The maximum absolute atomic E-state index is 12.2. The van der Waals surface area contributed by atoms with E-state index in [4.69, 9.17) is 5.11 Å². The Morgan fingerprint density at radius 3 is 2.30 bits per heavy atom. The van der Waals surface area contributed by atoms with Crippen molar-refractivity contribution in [2.24, 2.45) is 17.8 Å². The van der Waals surface area contributed by atoms with Gasteiger partial charge in [0.05, 0.1) is 0 Å². The Kier molecular flexibility index (Phi) is 5.73. The lowest BCUT2D eigenvalue weighted by Gasteiger charge is -2.24. The molecular formula is C13H21NO4S2. The molecule has 0 spiro atoms. The van der Waals surface area contributed by atoms with Crippen LogP contribution in [-0.4, -0.2) is 26.0 Å². The van der Waals surface area contributed by atoms with Crippen LogP contribution in [0.4, 0.5) is 0 Å². The summed E-state index contributed by atoms with van der Waals surface area (Å²) in [6.07, 6.45) is 0. The summed E-state index contributed by atoms with van der Waals surface area (Å²) in [5.41, 5.74) is 0. The van der Waals surface area contributed by atoms with E-state index >= 15 is 0 Å². The van der Waals surface area contributed by atoms with E-state index in [1.165, 1.54) is 11.4 Å². The normalized spacial score (nSPS) is 12.6. The van der Waals surface area contributed by atoms with Gasteiger partial charge in [-0.15, -0.1) is 11.3 Å². The molecule has 0 bridgehead atoms. The van der Waals surface area contributed by atoms with Crippen LogP contribution in [0.5, 0.6) is 0 Å². The zero-order valence-corrected chi connectivity index (χ0v) is 13.7. The molecule has 0 saturated carbocycles. The first-order chi connectivity index (χ1) is 9.16. The Labute approximate surface area is 124 Å². The maximum Gasteiger partial charge on any atom is 0.347 e. The third-order valence-electron chi connectivity index (χ3n) is 3.33. The first kappa shape index (κ1) is 17.1. The third-order valence-corrected chi connectivity index (χ3v) is 5.83. The highest BCUT2D eigenvalue weighted by molar-refractivity contribution is 7.89. The highest BCUT2D eigenvalue weighted by Crippen LogP contribution is 2.24. The molecule has 5 nitrogen and oxygen atoms in total. The topological polar surface area (TPSA) is 83.5 Å². The van der Waals surface area contributed by atoms with Crippen molar-refractivity contribution in [2.45, 2.75) is 32.6 Å². The minimum absolute atomic E-state index is 0.150. The van der Waals surface area contributed by atoms with Gasteiger partial charge in [-0.25, -0.2) is 17.9 Å². The fraction of sp³-hybridized carbons (Fsp3) is 0.615. The van der Waals surface area contributed by atoms with E-state index in [-0.39, 0.29) is 15.7 Å². The van der Waals surface area contributed by atoms with E-state index < -0.39 is 16.0 Å². The SMILES string of the molecule is CC(C)C(CNS(=O)(=O)c1ccsc1C(=O)O)C(C)C. The smallest absolute Gasteiger partial charge is 0.347 e. The number of nitrogens with one attached hydrogen (secondary N) is 1. The summed E-state index contributed by atoms with van der Waals surface area (Å²) >= 11 is 0.913. The molecule has 1 aromatic rings. The van der Waals surface area contributed by atoms with Crippen LogP contribution in [0.2, 0.25) is 0 Å². The Morgan fingerprint density at radius 2 is 1.85 bits per heavy atom. The molecule has 20 heavy (non-hydrogen) atoms. The van der Waals surface area contributed by atoms with Crippen LogP contribution in [0, 0.1) is 17.8 Å². The van der Waals surface area contributed by atoms with Crippen molar-refractivity contribution >= 4 is 27.3 Å². The molecular weight excluding hydrogens is 298 g/mol. The number of carboxylic acid groups (broad SMARTS) is 1. The second-order valence-electron chi connectivity index (χ2n) is 5.42. The average molecular weight is 319 g/mol. The van der Waals surface area contributed by atoms with Gasteiger partial charge in [-0.2, -0.15) is 0 Å². The summed E-state index contributed by atoms with van der Waals surface area (Å²) in [5.74, 6) is -0.320. The van der Waals surface area contributed by atoms with E-state index in [9.17, 15) is 13.2 Å². The molecule has 1 heterocycles. The average Bonchev–Trinajstić information content (AvgIpc) is 2.77. The van der Waals surface area contributed by atoms with Crippen LogP contribution in [0.3, 0.4) is 0 Å². The van der Waals surface area contributed by atoms with Crippen molar-refractivity contribution in [1.82, 2.24) is 4.72 Å². The molecule has 0 aliphatic rings. The molecule has 1 rings (SSSR count). The minimum atomic E-state index is -3.78. The number of hydrogen-bond acceptors (Lipinski definition) is 4. The van der Waals surface area contributed by atoms with Gasteiger partial charge in [0.15, 0.2) is 0 Å². The first-order valence-electron chi connectivity index (χ1n) is 6.47. The van der Waals surface area contributed by atoms with Gasteiger partial charge >= 0.3 is 5.97 Å². The van der Waals surface area contributed by atoms with Gasteiger partial charge in [0.2, 0.25) is 10.0 Å². The molecule has 7 heteroatoms. The Bertz CT molecular complexity index is 553. The lowest BCUT2D eigenvalue weighted by Crippen LogP contribution is -2.34. The second-order valence-corrected chi connectivity index (χ2v) is 8.07. The summed E-state index contributed by atoms with van der Waals surface area (Å²) in [4.78, 5) is 10.7. The van der Waals surface area contributed by atoms with Gasteiger partial charge in [-0.1, -0.05) is 27.7 Å². The van der Waals surface area contributed by atoms with Gasteiger partial charge in [-0.3, -0.25) is 0 Å². The van der Waals surface area contributed by atoms with Crippen molar-refractivity contribution in [1.29, 1.82) is 0 Å². The van der Waals surface area contributed by atoms with Gasteiger partial charge in [-0.05, 0) is 29.2 Å². The Balaban J connectivity index is 2.90. The Hall–Kier alpha value is -0.920. The van der Waals surface area contributed by atoms with E-state index in [2.05, 4.69) is 4.72 Å². The van der Waals surface area contributed by atoms with Gasteiger partial charge in [0, 0.05) is 6.54 Å². The summed E-state index contributed by atoms with van der Waals surface area (Å²) in [6.45, 7) is 8.50. The van der Waals surface area contributed by atoms with Crippen LogP contribution in [-0.2, 0) is 10.0 Å². The number of carboxylic acids is 1. The molecule has 0 unspecified atom stereocenters. The standard InChI is InChI=1S/C13H21NO4S2/c1-8(2)10(9(3)4)7-14-20(17,18)11-5-6-19-12(11)13(15)16/h5-6,8-10,14H,7H2,1-4H3,(H,15,16). The molecule has 1 aromatic heterocycles. The highest BCUT2D eigenvalue weighted by atomic mass is 32.2. The molecule has 2 N–H and O–H groups in total. The van der Waals surface area contributed by atoms with Crippen molar-refractivity contribution in [3.8, 4) is 0 Å². The zero-order chi connectivity index (χ0) is 15.5. The minimum Gasteiger partial charge on any atom is -0.477 e. The zero-order valence-electron chi connectivity index (χ0n) is 12.1. The quantitative estimate of drug-likeness (QED) is 0.809. The van der Waals surface area contributed by atoms with Crippen LogP contribution >= 0.6 is 11.3 Å². The van der Waals surface area contributed by atoms with E-state index in [1.54, 1.807) is 0 Å². The van der Waals surface area contributed by atoms with Crippen molar-refractivity contribution in [3.05, 3.63) is 16.3 Å². The van der Waals surface area contributed by atoms with Crippen LogP contribution in [0.1, 0.15) is 37.4 Å². The maximum atomic E-state index is 12.2. The number of sulfonamides is 1. The van der Waals surface area contributed by atoms with E-state index in [0.29, 0.717) is 18.4 Å². The van der Waals surface area contributed by atoms with Gasteiger partial charge < -0.3 is 5.11 Å². The van der Waals surface area contributed by atoms with Crippen molar-refractivity contribution in [2.75, 3.05) is 6.54 Å². The molecule has 0 saturated heterocycles. The van der Waals surface area contributed by atoms with Crippen molar-refractivity contribution in [3.63, 3.8) is 0 Å². The number of thiophene rings is 1. The first-order valence-corrected chi connectivity index (χ1v) is 8.83. The molecule has 0 aliphatic heterocycles. The van der Waals surface area contributed by atoms with E-state index in [0.717, 1.165) is 11.3 Å². The molecule has 0 aromatic carbocycles. The molecule has 114 valence electrons. The summed E-state index contributed by atoms with van der Waals surface area (Å²) in [6, 6.07) is 1.33. The predicted octanol–water partition coefficient (Wildman–Crippen LogP) is 2.65.